The number of fused-ring (bicyclic) bond motifs is 1. The lowest BCUT2D eigenvalue weighted by molar-refractivity contribution is 0.585. The topological polar surface area (TPSA) is 81.6 Å². The number of nitrogen functional groups attached to an aromatic ring is 1. The number of hydrogen-bond donors (Lipinski definition) is 2. The van der Waals surface area contributed by atoms with Crippen LogP contribution < -0.4 is 11.1 Å². The number of halogens is 2. The van der Waals surface area contributed by atoms with Crippen LogP contribution >= 0.6 is 0 Å². The highest BCUT2D eigenvalue weighted by molar-refractivity contribution is 5.98. The first-order chi connectivity index (χ1) is 11.4. The van der Waals surface area contributed by atoms with Crippen LogP contribution in [0.5, 0.6) is 0 Å². The fourth-order valence-corrected chi connectivity index (χ4v) is 2.37. The van der Waals surface area contributed by atoms with Gasteiger partial charge in [-0.15, -0.1) is 0 Å². The largest absolute Gasteiger partial charge is 0.383 e. The maximum absolute atomic E-state index is 14.3. The van der Waals surface area contributed by atoms with Crippen LogP contribution in [-0.2, 0) is 7.05 Å². The van der Waals surface area contributed by atoms with Crippen LogP contribution in [0.15, 0.2) is 18.2 Å². The van der Waals surface area contributed by atoms with Crippen molar-refractivity contribution in [2.75, 3.05) is 17.6 Å². The average Bonchev–Trinajstić information content (AvgIpc) is 2.79. The molecule has 0 aliphatic rings. The molecule has 8 heteroatoms. The molecule has 3 N–H and O–H groups in total. The molecule has 2 heterocycles. The summed E-state index contributed by atoms with van der Waals surface area (Å²) in [5.41, 5.74) is 6.82. The van der Waals surface area contributed by atoms with E-state index in [1.54, 1.807) is 7.05 Å². The van der Waals surface area contributed by atoms with Crippen molar-refractivity contribution in [3.63, 3.8) is 0 Å². The number of nitrogens with one attached hydrogen (secondary N) is 1. The number of aromatic nitrogens is 4. The number of rotatable bonds is 4. The molecule has 126 valence electrons. The van der Waals surface area contributed by atoms with Gasteiger partial charge in [0.25, 0.3) is 0 Å². The van der Waals surface area contributed by atoms with E-state index >= 15 is 0 Å². The van der Waals surface area contributed by atoms with Crippen LogP contribution in [0.4, 0.5) is 20.5 Å². The molecule has 2 aromatic heterocycles. The second-order valence-corrected chi connectivity index (χ2v) is 6.00. The normalized spacial score (nSPS) is 11.4. The van der Waals surface area contributed by atoms with Gasteiger partial charge in [-0.2, -0.15) is 10.1 Å². The van der Waals surface area contributed by atoms with E-state index in [0.29, 0.717) is 35.3 Å². The summed E-state index contributed by atoms with van der Waals surface area (Å²) >= 11 is 0. The fraction of sp³-hybridized carbons (Fsp3) is 0.312. The Labute approximate surface area is 137 Å². The van der Waals surface area contributed by atoms with E-state index in [4.69, 9.17) is 5.73 Å². The lowest BCUT2D eigenvalue weighted by Crippen LogP contribution is -2.11. The highest BCUT2D eigenvalue weighted by atomic mass is 19.1. The highest BCUT2D eigenvalue weighted by Gasteiger charge is 2.19. The lowest BCUT2D eigenvalue weighted by Gasteiger charge is -2.10. The molecule has 0 amide bonds. The van der Waals surface area contributed by atoms with E-state index in [1.165, 1.54) is 16.8 Å². The number of anilines is 2. The number of nitrogens with zero attached hydrogens (tertiary/aromatic N) is 4. The summed E-state index contributed by atoms with van der Waals surface area (Å²) in [6.07, 6.45) is 0. The van der Waals surface area contributed by atoms with Crippen LogP contribution in [-0.4, -0.2) is 26.3 Å². The molecule has 0 spiro atoms. The molecule has 0 radical (unpaired) electrons. The van der Waals surface area contributed by atoms with Gasteiger partial charge in [0.2, 0.25) is 5.95 Å². The van der Waals surface area contributed by atoms with Crippen molar-refractivity contribution in [1.29, 1.82) is 0 Å². The van der Waals surface area contributed by atoms with Crippen LogP contribution in [0.25, 0.3) is 22.3 Å². The second kappa shape index (κ2) is 6.03. The Kier molecular flexibility index (Phi) is 4.04. The third kappa shape index (κ3) is 2.86. The van der Waals surface area contributed by atoms with Crippen LogP contribution in [0.1, 0.15) is 13.8 Å². The van der Waals surface area contributed by atoms with Crippen molar-refractivity contribution in [1.82, 2.24) is 19.7 Å². The summed E-state index contributed by atoms with van der Waals surface area (Å²) in [5, 5.41) is 7.78. The minimum atomic E-state index is -0.715. The van der Waals surface area contributed by atoms with Gasteiger partial charge in [0.1, 0.15) is 17.5 Å². The number of nitrogens with two attached hydrogens (primary N) is 1. The smallest absolute Gasteiger partial charge is 0.225 e. The Balaban J connectivity index is 2.23. The third-order valence-corrected chi connectivity index (χ3v) is 3.59. The van der Waals surface area contributed by atoms with E-state index < -0.39 is 11.6 Å². The summed E-state index contributed by atoms with van der Waals surface area (Å²) in [6, 6.07) is 3.34. The molecule has 0 saturated carbocycles. The molecule has 0 saturated heterocycles. The Bertz CT molecular complexity index is 903. The van der Waals surface area contributed by atoms with E-state index in [2.05, 4.69) is 20.4 Å². The summed E-state index contributed by atoms with van der Waals surface area (Å²) in [6.45, 7) is 4.74. The molecule has 3 rings (SSSR count). The molecule has 6 nitrogen and oxygen atoms in total. The van der Waals surface area contributed by atoms with E-state index in [1.807, 2.05) is 13.8 Å². The molecule has 1 aromatic carbocycles. The number of hydrogen-bond acceptors (Lipinski definition) is 5. The first kappa shape index (κ1) is 16.1. The van der Waals surface area contributed by atoms with Crippen LogP contribution in [0, 0.1) is 17.6 Å². The second-order valence-electron chi connectivity index (χ2n) is 6.00. The van der Waals surface area contributed by atoms with Gasteiger partial charge in [0, 0.05) is 25.2 Å². The number of benzene rings is 1. The molecule has 0 unspecified atom stereocenters. The summed E-state index contributed by atoms with van der Waals surface area (Å²) in [7, 11) is 1.67. The van der Waals surface area contributed by atoms with Crippen molar-refractivity contribution in [2.45, 2.75) is 13.8 Å². The first-order valence-corrected chi connectivity index (χ1v) is 7.56. The minimum absolute atomic E-state index is 0.149. The van der Waals surface area contributed by atoms with E-state index in [9.17, 15) is 8.78 Å². The van der Waals surface area contributed by atoms with Crippen LogP contribution in [0.3, 0.4) is 0 Å². The predicted molar refractivity (Wildman–Crippen MR) is 89.4 cm³/mol. The molecular formula is C16H18F2N6. The van der Waals surface area contributed by atoms with Crippen molar-refractivity contribution in [3.8, 4) is 11.3 Å². The molecule has 3 aromatic rings. The molecule has 0 bridgehead atoms. The Morgan fingerprint density at radius 1 is 1.25 bits per heavy atom. The van der Waals surface area contributed by atoms with E-state index in [-0.39, 0.29) is 11.3 Å². The van der Waals surface area contributed by atoms with Gasteiger partial charge >= 0.3 is 0 Å². The predicted octanol–water partition coefficient (Wildman–Crippen LogP) is 2.96. The third-order valence-electron chi connectivity index (χ3n) is 3.59. The van der Waals surface area contributed by atoms with E-state index in [0.717, 1.165) is 6.07 Å². The average molecular weight is 332 g/mol. The SMILES string of the molecule is CC(C)CNc1nc(-c2ccc(F)cc2F)c2c(N)n(C)nc2n1. The summed E-state index contributed by atoms with van der Waals surface area (Å²) in [4.78, 5) is 8.72. The van der Waals surface area contributed by atoms with Crippen molar-refractivity contribution >= 4 is 22.8 Å². The molecule has 0 aliphatic carbocycles. The Morgan fingerprint density at radius 2 is 2.00 bits per heavy atom. The quantitative estimate of drug-likeness (QED) is 0.767. The standard InChI is InChI=1S/C16H18F2N6/c1-8(2)7-20-16-21-13(10-5-4-9(17)6-11(10)18)12-14(19)24(3)23-15(12)22-16/h4-6,8H,7,19H2,1-3H3,(H,20,22,23). The van der Waals surface area contributed by atoms with Gasteiger partial charge in [-0.05, 0) is 18.1 Å². The maximum atomic E-state index is 14.3. The van der Waals surface area contributed by atoms with Gasteiger partial charge in [-0.3, -0.25) is 4.68 Å². The maximum Gasteiger partial charge on any atom is 0.225 e. The molecular weight excluding hydrogens is 314 g/mol. The Hall–Kier alpha value is -2.77. The molecule has 0 aliphatic heterocycles. The zero-order chi connectivity index (χ0) is 17.4. The van der Waals surface area contributed by atoms with Crippen molar-refractivity contribution < 1.29 is 8.78 Å². The zero-order valence-electron chi connectivity index (χ0n) is 13.6. The summed E-state index contributed by atoms with van der Waals surface area (Å²) < 4.78 is 28.9. The van der Waals surface area contributed by atoms with Gasteiger partial charge in [-0.25, -0.2) is 13.8 Å². The number of aryl methyl sites for hydroxylation is 1. The molecule has 0 atom stereocenters. The van der Waals surface area contributed by atoms with Crippen molar-refractivity contribution in [2.24, 2.45) is 13.0 Å². The molecule has 24 heavy (non-hydrogen) atoms. The van der Waals surface area contributed by atoms with Gasteiger partial charge < -0.3 is 11.1 Å². The van der Waals surface area contributed by atoms with Gasteiger partial charge in [0.05, 0.1) is 11.1 Å². The highest BCUT2D eigenvalue weighted by Crippen LogP contribution is 2.32. The monoisotopic (exact) mass is 332 g/mol. The van der Waals surface area contributed by atoms with Crippen LogP contribution in [0.2, 0.25) is 0 Å². The zero-order valence-corrected chi connectivity index (χ0v) is 13.6. The van der Waals surface area contributed by atoms with Gasteiger partial charge in [-0.1, -0.05) is 13.8 Å². The fourth-order valence-electron chi connectivity index (χ4n) is 2.37. The van der Waals surface area contributed by atoms with Crippen molar-refractivity contribution in [3.05, 3.63) is 29.8 Å². The van der Waals surface area contributed by atoms with Gasteiger partial charge in [0.15, 0.2) is 5.65 Å². The summed E-state index contributed by atoms with van der Waals surface area (Å²) in [5.74, 6) is -0.344. The Morgan fingerprint density at radius 3 is 2.67 bits per heavy atom. The lowest BCUT2D eigenvalue weighted by atomic mass is 10.1. The minimum Gasteiger partial charge on any atom is -0.383 e. The first-order valence-electron chi connectivity index (χ1n) is 7.56. The molecule has 0 fully saturated rings.